The molecule has 2 rings (SSSR count). The van der Waals surface area contributed by atoms with Crippen molar-refractivity contribution in [3.63, 3.8) is 0 Å². The summed E-state index contributed by atoms with van der Waals surface area (Å²) in [6, 6.07) is 3.81. The molecular formula is C16H23N3O3. The zero-order chi connectivity index (χ0) is 15.9. The molecule has 1 aromatic rings. The minimum atomic E-state index is -1.11. The smallest absolute Gasteiger partial charge is 0.315 e. The van der Waals surface area contributed by atoms with Crippen molar-refractivity contribution in [3.8, 4) is 0 Å². The number of rotatable bonds is 5. The SMILES string of the molecule is CC(C(=O)O)C(=O)NCc1ccnc(N2CCCCCC2)c1. The van der Waals surface area contributed by atoms with Crippen molar-refractivity contribution in [2.24, 2.45) is 5.92 Å². The number of nitrogens with zero attached hydrogens (tertiary/aromatic N) is 2. The first-order valence-electron chi connectivity index (χ1n) is 7.78. The summed E-state index contributed by atoms with van der Waals surface area (Å²) in [5.74, 6) is -1.69. The van der Waals surface area contributed by atoms with Gasteiger partial charge in [-0.15, -0.1) is 0 Å². The largest absolute Gasteiger partial charge is 0.481 e. The molecule has 22 heavy (non-hydrogen) atoms. The number of nitrogens with one attached hydrogen (secondary N) is 1. The average Bonchev–Trinajstić information content (AvgIpc) is 2.81. The Balaban J connectivity index is 1.96. The maximum absolute atomic E-state index is 11.7. The minimum Gasteiger partial charge on any atom is -0.481 e. The van der Waals surface area contributed by atoms with Crippen molar-refractivity contribution in [2.75, 3.05) is 18.0 Å². The first kappa shape index (κ1) is 16.3. The Hall–Kier alpha value is -2.11. The van der Waals surface area contributed by atoms with Crippen LogP contribution in [-0.4, -0.2) is 35.1 Å². The minimum absolute atomic E-state index is 0.319. The normalized spacial score (nSPS) is 16.7. The molecule has 0 spiro atoms. The van der Waals surface area contributed by atoms with Gasteiger partial charge in [-0.2, -0.15) is 0 Å². The van der Waals surface area contributed by atoms with Gasteiger partial charge in [-0.05, 0) is 37.5 Å². The number of amides is 1. The number of hydrogen-bond acceptors (Lipinski definition) is 4. The first-order valence-corrected chi connectivity index (χ1v) is 7.78. The van der Waals surface area contributed by atoms with Crippen LogP contribution < -0.4 is 10.2 Å². The monoisotopic (exact) mass is 305 g/mol. The van der Waals surface area contributed by atoms with Gasteiger partial charge in [-0.3, -0.25) is 9.59 Å². The molecule has 1 atom stereocenters. The molecule has 1 aromatic heterocycles. The lowest BCUT2D eigenvalue weighted by molar-refractivity contribution is -0.146. The van der Waals surface area contributed by atoms with Crippen LogP contribution in [0.15, 0.2) is 18.3 Å². The average molecular weight is 305 g/mol. The van der Waals surface area contributed by atoms with E-state index in [1.54, 1.807) is 6.20 Å². The molecular weight excluding hydrogens is 282 g/mol. The lowest BCUT2D eigenvalue weighted by Crippen LogP contribution is -2.33. The Morgan fingerprint density at radius 3 is 2.64 bits per heavy atom. The van der Waals surface area contributed by atoms with Crippen LogP contribution in [0.3, 0.4) is 0 Å². The van der Waals surface area contributed by atoms with Gasteiger partial charge in [0, 0.05) is 25.8 Å². The summed E-state index contributed by atoms with van der Waals surface area (Å²) in [5.41, 5.74) is 0.931. The van der Waals surface area contributed by atoms with E-state index in [9.17, 15) is 9.59 Å². The van der Waals surface area contributed by atoms with E-state index in [4.69, 9.17) is 5.11 Å². The highest BCUT2D eigenvalue weighted by Crippen LogP contribution is 2.18. The van der Waals surface area contributed by atoms with E-state index < -0.39 is 17.8 Å². The second-order valence-corrected chi connectivity index (χ2v) is 5.70. The Morgan fingerprint density at radius 2 is 2.00 bits per heavy atom. The first-order chi connectivity index (χ1) is 10.6. The molecule has 1 unspecified atom stereocenters. The van der Waals surface area contributed by atoms with Crippen LogP contribution in [0.25, 0.3) is 0 Å². The summed E-state index contributed by atoms with van der Waals surface area (Å²) in [4.78, 5) is 29.1. The van der Waals surface area contributed by atoms with Crippen molar-refractivity contribution >= 4 is 17.7 Å². The summed E-state index contributed by atoms with van der Waals surface area (Å²) in [7, 11) is 0. The topological polar surface area (TPSA) is 82.5 Å². The van der Waals surface area contributed by atoms with Crippen molar-refractivity contribution in [3.05, 3.63) is 23.9 Å². The van der Waals surface area contributed by atoms with E-state index in [1.165, 1.54) is 32.6 Å². The van der Waals surface area contributed by atoms with Gasteiger partial charge in [0.1, 0.15) is 11.7 Å². The Labute approximate surface area is 130 Å². The molecule has 0 bridgehead atoms. The quantitative estimate of drug-likeness (QED) is 0.811. The molecule has 120 valence electrons. The third-order valence-corrected chi connectivity index (χ3v) is 3.97. The molecule has 6 heteroatoms. The van der Waals surface area contributed by atoms with E-state index in [-0.39, 0.29) is 0 Å². The van der Waals surface area contributed by atoms with Crippen LogP contribution in [0.1, 0.15) is 38.2 Å². The van der Waals surface area contributed by atoms with Gasteiger partial charge < -0.3 is 15.3 Å². The van der Waals surface area contributed by atoms with Crippen molar-refractivity contribution in [1.82, 2.24) is 10.3 Å². The number of carbonyl (C=O) groups excluding carboxylic acids is 1. The standard InChI is InChI=1S/C16H23N3O3/c1-12(16(21)22)15(20)18-11-13-6-7-17-14(10-13)19-8-4-2-3-5-9-19/h6-7,10,12H,2-5,8-9,11H2,1H3,(H,18,20)(H,21,22). The predicted octanol–water partition coefficient (Wildman–Crippen LogP) is 1.80. The Kier molecular flexibility index (Phi) is 5.75. The molecule has 6 nitrogen and oxygen atoms in total. The zero-order valence-corrected chi connectivity index (χ0v) is 12.9. The van der Waals surface area contributed by atoms with E-state index in [0.29, 0.717) is 6.54 Å². The molecule has 1 saturated heterocycles. The summed E-state index contributed by atoms with van der Waals surface area (Å²) < 4.78 is 0. The number of carboxylic acids is 1. The van der Waals surface area contributed by atoms with E-state index in [1.807, 2.05) is 12.1 Å². The van der Waals surface area contributed by atoms with Gasteiger partial charge in [0.15, 0.2) is 0 Å². The van der Waals surface area contributed by atoms with E-state index in [0.717, 1.165) is 24.5 Å². The fraction of sp³-hybridized carbons (Fsp3) is 0.562. The lowest BCUT2D eigenvalue weighted by Gasteiger charge is -2.21. The number of hydrogen-bond donors (Lipinski definition) is 2. The molecule has 0 aromatic carbocycles. The van der Waals surface area contributed by atoms with Crippen molar-refractivity contribution in [2.45, 2.75) is 39.2 Å². The fourth-order valence-corrected chi connectivity index (χ4v) is 2.50. The van der Waals surface area contributed by atoms with Crippen LogP contribution in [0.2, 0.25) is 0 Å². The molecule has 1 aliphatic rings. The Morgan fingerprint density at radius 1 is 1.32 bits per heavy atom. The number of aliphatic carboxylic acids is 1. The molecule has 2 N–H and O–H groups in total. The van der Waals surface area contributed by atoms with Gasteiger partial charge >= 0.3 is 5.97 Å². The summed E-state index contributed by atoms with van der Waals surface area (Å²) >= 11 is 0. The highest BCUT2D eigenvalue weighted by molar-refractivity contribution is 5.96. The second kappa shape index (κ2) is 7.77. The van der Waals surface area contributed by atoms with E-state index >= 15 is 0 Å². The fourth-order valence-electron chi connectivity index (χ4n) is 2.50. The molecule has 1 fully saturated rings. The van der Waals surface area contributed by atoms with Crippen LogP contribution in [-0.2, 0) is 16.1 Å². The molecule has 0 aliphatic carbocycles. The van der Waals surface area contributed by atoms with Gasteiger partial charge in [-0.25, -0.2) is 4.98 Å². The summed E-state index contributed by atoms with van der Waals surface area (Å²) in [5, 5.41) is 11.5. The molecule has 2 heterocycles. The number of carboxylic acid groups (broad SMARTS) is 1. The zero-order valence-electron chi connectivity index (χ0n) is 12.9. The maximum Gasteiger partial charge on any atom is 0.315 e. The third kappa shape index (κ3) is 4.44. The van der Waals surface area contributed by atoms with E-state index in [2.05, 4.69) is 15.2 Å². The molecule has 1 amide bonds. The lowest BCUT2D eigenvalue weighted by atomic mass is 10.1. The highest BCUT2D eigenvalue weighted by atomic mass is 16.4. The Bertz CT molecular complexity index is 525. The number of carbonyl (C=O) groups is 2. The van der Waals surface area contributed by atoms with Crippen molar-refractivity contribution < 1.29 is 14.7 Å². The van der Waals surface area contributed by atoms with Gasteiger partial charge in [0.05, 0.1) is 0 Å². The molecule has 1 aliphatic heterocycles. The van der Waals surface area contributed by atoms with Crippen LogP contribution >= 0.6 is 0 Å². The number of anilines is 1. The van der Waals surface area contributed by atoms with Crippen LogP contribution in [0.4, 0.5) is 5.82 Å². The van der Waals surface area contributed by atoms with Crippen LogP contribution in [0.5, 0.6) is 0 Å². The predicted molar refractivity (Wildman–Crippen MR) is 83.6 cm³/mol. The summed E-state index contributed by atoms with van der Waals surface area (Å²) in [6.07, 6.45) is 6.62. The van der Waals surface area contributed by atoms with Crippen molar-refractivity contribution in [1.29, 1.82) is 0 Å². The highest BCUT2D eigenvalue weighted by Gasteiger charge is 2.20. The van der Waals surface area contributed by atoms with Gasteiger partial charge in [0.2, 0.25) is 5.91 Å². The number of pyridine rings is 1. The molecule has 0 radical (unpaired) electrons. The third-order valence-electron chi connectivity index (χ3n) is 3.97. The second-order valence-electron chi connectivity index (χ2n) is 5.70. The maximum atomic E-state index is 11.7. The van der Waals surface area contributed by atoms with Gasteiger partial charge in [-0.1, -0.05) is 12.8 Å². The van der Waals surface area contributed by atoms with Gasteiger partial charge in [0.25, 0.3) is 0 Å². The summed E-state index contributed by atoms with van der Waals surface area (Å²) in [6.45, 7) is 3.73. The van der Waals surface area contributed by atoms with Crippen LogP contribution in [0, 0.1) is 5.92 Å². The number of aromatic nitrogens is 1. The molecule has 0 saturated carbocycles.